The van der Waals surface area contributed by atoms with Gasteiger partial charge in [-0.15, -0.1) is 0 Å². The third-order valence-corrected chi connectivity index (χ3v) is 2.54. The van der Waals surface area contributed by atoms with Crippen molar-refractivity contribution in [1.29, 1.82) is 0 Å². The maximum Gasteiger partial charge on any atom is 0.227 e. The van der Waals surface area contributed by atoms with Crippen molar-refractivity contribution in [1.82, 2.24) is 0 Å². The van der Waals surface area contributed by atoms with E-state index in [1.165, 1.54) is 0 Å². The second kappa shape index (κ2) is 3.50. The number of halogens is 1. The Bertz CT molecular complexity index is 374. The number of hydrogen-bond donors (Lipinski definition) is 2. The third kappa shape index (κ3) is 1.99. The number of nitrogens with two attached hydrogens (primary N) is 1. The van der Waals surface area contributed by atoms with Crippen molar-refractivity contribution in [2.45, 2.75) is 12.8 Å². The van der Waals surface area contributed by atoms with Crippen LogP contribution in [0.15, 0.2) is 18.2 Å². The molecule has 0 heterocycles. The van der Waals surface area contributed by atoms with Crippen LogP contribution in [-0.4, -0.2) is 5.91 Å². The topological polar surface area (TPSA) is 55.1 Å². The maximum atomic E-state index is 11.4. The average Bonchev–Trinajstić information content (AvgIpc) is 2.94. The minimum atomic E-state index is 0.0749. The van der Waals surface area contributed by atoms with Crippen molar-refractivity contribution >= 4 is 28.9 Å². The van der Waals surface area contributed by atoms with Crippen LogP contribution >= 0.6 is 11.6 Å². The fourth-order valence-corrected chi connectivity index (χ4v) is 1.38. The Kier molecular flexibility index (Phi) is 2.33. The van der Waals surface area contributed by atoms with Gasteiger partial charge in [-0.3, -0.25) is 4.79 Å². The number of nitrogens with one attached hydrogen (secondary N) is 1. The second-order valence-corrected chi connectivity index (χ2v) is 3.91. The Balaban J connectivity index is 2.08. The second-order valence-electron chi connectivity index (χ2n) is 3.50. The van der Waals surface area contributed by atoms with Gasteiger partial charge in [0.2, 0.25) is 5.91 Å². The summed E-state index contributed by atoms with van der Waals surface area (Å²) in [5.74, 6) is 0.275. The molecule has 0 bridgehead atoms. The van der Waals surface area contributed by atoms with Gasteiger partial charge in [0, 0.05) is 11.6 Å². The molecule has 1 aliphatic rings. The summed E-state index contributed by atoms with van der Waals surface area (Å²) in [5, 5.41) is 3.26. The first kappa shape index (κ1) is 9.34. The highest BCUT2D eigenvalue weighted by Crippen LogP contribution is 2.31. The number of amides is 1. The highest BCUT2D eigenvalue weighted by molar-refractivity contribution is 6.33. The molecule has 14 heavy (non-hydrogen) atoms. The monoisotopic (exact) mass is 210 g/mol. The van der Waals surface area contributed by atoms with E-state index in [0.29, 0.717) is 16.4 Å². The molecular weight excluding hydrogens is 200 g/mol. The summed E-state index contributed by atoms with van der Waals surface area (Å²) in [4.78, 5) is 11.4. The van der Waals surface area contributed by atoms with Gasteiger partial charge >= 0.3 is 0 Å². The molecule has 1 amide bonds. The zero-order valence-corrected chi connectivity index (χ0v) is 8.34. The Labute approximate surface area is 87.2 Å². The Hall–Kier alpha value is -1.22. The standard InChI is InChI=1S/C10H11ClN2O/c11-8-5-7(3-4-9(8)12)13-10(14)6-1-2-6/h3-6H,1-2,12H2,(H,13,14). The van der Waals surface area contributed by atoms with Crippen LogP contribution in [0.3, 0.4) is 0 Å². The fraction of sp³-hybridized carbons (Fsp3) is 0.300. The van der Waals surface area contributed by atoms with Crippen molar-refractivity contribution in [3.05, 3.63) is 23.2 Å². The van der Waals surface area contributed by atoms with Crippen molar-refractivity contribution in [2.24, 2.45) is 5.92 Å². The summed E-state index contributed by atoms with van der Waals surface area (Å²) in [5.41, 5.74) is 6.78. The number of carbonyl (C=O) groups excluding carboxylic acids is 1. The van der Waals surface area contributed by atoms with Crippen molar-refractivity contribution in [3.8, 4) is 0 Å². The van der Waals surface area contributed by atoms with Crippen molar-refractivity contribution < 1.29 is 4.79 Å². The molecule has 0 radical (unpaired) electrons. The summed E-state index contributed by atoms with van der Waals surface area (Å²) in [6.45, 7) is 0. The summed E-state index contributed by atoms with van der Waals surface area (Å²) in [7, 11) is 0. The normalized spacial score (nSPS) is 15.2. The van der Waals surface area contributed by atoms with Crippen LogP contribution in [0.25, 0.3) is 0 Å². The third-order valence-electron chi connectivity index (χ3n) is 2.22. The van der Waals surface area contributed by atoms with Gasteiger partial charge in [-0.2, -0.15) is 0 Å². The maximum absolute atomic E-state index is 11.4. The molecule has 1 aromatic rings. The molecule has 3 N–H and O–H groups in total. The van der Waals surface area contributed by atoms with Gasteiger partial charge in [-0.1, -0.05) is 11.6 Å². The van der Waals surface area contributed by atoms with E-state index in [1.807, 2.05) is 0 Å². The highest BCUT2D eigenvalue weighted by Gasteiger charge is 2.29. The number of anilines is 2. The molecule has 0 atom stereocenters. The summed E-state index contributed by atoms with van der Waals surface area (Å²) in [6.07, 6.45) is 1.99. The fourth-order valence-electron chi connectivity index (χ4n) is 1.19. The number of nitrogen functional groups attached to an aromatic ring is 1. The van der Waals surface area contributed by atoms with Crippen LogP contribution in [0, 0.1) is 5.92 Å². The number of hydrogen-bond acceptors (Lipinski definition) is 2. The zero-order valence-electron chi connectivity index (χ0n) is 7.59. The Morgan fingerprint density at radius 3 is 2.79 bits per heavy atom. The summed E-state index contributed by atoms with van der Waals surface area (Å²) < 4.78 is 0. The van der Waals surface area contributed by atoms with Crippen LogP contribution < -0.4 is 11.1 Å². The lowest BCUT2D eigenvalue weighted by molar-refractivity contribution is -0.117. The van der Waals surface area contributed by atoms with Gasteiger partial charge in [-0.25, -0.2) is 0 Å². The minimum Gasteiger partial charge on any atom is -0.398 e. The molecule has 0 aliphatic heterocycles. The first-order chi connectivity index (χ1) is 6.66. The smallest absolute Gasteiger partial charge is 0.227 e. The Morgan fingerprint density at radius 1 is 1.50 bits per heavy atom. The lowest BCUT2D eigenvalue weighted by Gasteiger charge is -2.05. The predicted octanol–water partition coefficient (Wildman–Crippen LogP) is 2.27. The molecule has 1 aliphatic carbocycles. The first-order valence-electron chi connectivity index (χ1n) is 4.52. The van der Waals surface area contributed by atoms with Crippen molar-refractivity contribution in [2.75, 3.05) is 11.1 Å². The lowest BCUT2D eigenvalue weighted by atomic mass is 10.2. The molecule has 4 heteroatoms. The SMILES string of the molecule is Nc1ccc(NC(=O)C2CC2)cc1Cl. The zero-order chi connectivity index (χ0) is 10.1. The minimum absolute atomic E-state index is 0.0749. The van der Waals surface area contributed by atoms with E-state index in [-0.39, 0.29) is 11.8 Å². The van der Waals surface area contributed by atoms with E-state index in [2.05, 4.69) is 5.32 Å². The van der Waals surface area contributed by atoms with Crippen LogP contribution in [0.2, 0.25) is 5.02 Å². The molecule has 3 nitrogen and oxygen atoms in total. The van der Waals surface area contributed by atoms with Gasteiger partial charge in [0.1, 0.15) is 0 Å². The van der Waals surface area contributed by atoms with E-state index in [9.17, 15) is 4.79 Å². The number of carbonyl (C=O) groups is 1. The summed E-state index contributed by atoms with van der Waals surface area (Å²) in [6, 6.07) is 5.10. The molecule has 74 valence electrons. The van der Waals surface area contributed by atoms with E-state index >= 15 is 0 Å². The molecule has 0 spiro atoms. The van der Waals surface area contributed by atoms with Crippen LogP contribution in [-0.2, 0) is 4.79 Å². The largest absolute Gasteiger partial charge is 0.398 e. The van der Waals surface area contributed by atoms with E-state index < -0.39 is 0 Å². The molecule has 0 aromatic heterocycles. The molecular formula is C10H11ClN2O. The summed E-state index contributed by atoms with van der Waals surface area (Å²) >= 11 is 5.82. The molecule has 0 saturated heterocycles. The molecule has 1 aromatic carbocycles. The molecule has 1 fully saturated rings. The van der Waals surface area contributed by atoms with Gasteiger partial charge in [0.05, 0.1) is 10.7 Å². The van der Waals surface area contributed by atoms with Gasteiger partial charge in [-0.05, 0) is 31.0 Å². The lowest BCUT2D eigenvalue weighted by Crippen LogP contribution is -2.13. The predicted molar refractivity (Wildman–Crippen MR) is 57.2 cm³/mol. The number of rotatable bonds is 2. The van der Waals surface area contributed by atoms with Crippen molar-refractivity contribution in [3.63, 3.8) is 0 Å². The molecule has 1 saturated carbocycles. The van der Waals surface area contributed by atoms with Crippen LogP contribution in [0.5, 0.6) is 0 Å². The molecule has 2 rings (SSSR count). The van der Waals surface area contributed by atoms with E-state index in [4.69, 9.17) is 17.3 Å². The quantitative estimate of drug-likeness (QED) is 0.736. The molecule has 0 unspecified atom stereocenters. The van der Waals surface area contributed by atoms with Crippen LogP contribution in [0.4, 0.5) is 11.4 Å². The highest BCUT2D eigenvalue weighted by atomic mass is 35.5. The van der Waals surface area contributed by atoms with E-state index in [1.54, 1.807) is 18.2 Å². The first-order valence-corrected chi connectivity index (χ1v) is 4.90. The van der Waals surface area contributed by atoms with Gasteiger partial charge < -0.3 is 11.1 Å². The number of benzene rings is 1. The Morgan fingerprint density at radius 2 is 2.21 bits per heavy atom. The van der Waals surface area contributed by atoms with Gasteiger partial charge in [0.25, 0.3) is 0 Å². The van der Waals surface area contributed by atoms with Crippen LogP contribution in [0.1, 0.15) is 12.8 Å². The van der Waals surface area contributed by atoms with E-state index in [0.717, 1.165) is 12.8 Å². The average molecular weight is 211 g/mol. The van der Waals surface area contributed by atoms with Gasteiger partial charge in [0.15, 0.2) is 0 Å².